The highest BCUT2D eigenvalue weighted by Gasteiger charge is 2.35. The molecule has 0 aromatic heterocycles. The fourth-order valence-corrected chi connectivity index (χ4v) is 1.75. The molecule has 2 heterocycles. The number of hydrogen-bond acceptors (Lipinski definition) is 3. The minimum absolute atomic E-state index is 0.0658. The summed E-state index contributed by atoms with van der Waals surface area (Å²) in [5.74, 6) is -0.0657. The topological polar surface area (TPSA) is 55.4 Å². The van der Waals surface area contributed by atoms with E-state index in [1.165, 1.54) is 12.8 Å². The van der Waals surface area contributed by atoms with Crippen LogP contribution in [0.1, 0.15) is 93.9 Å². The lowest BCUT2D eigenvalue weighted by Gasteiger charge is -2.16. The molecule has 2 aliphatic heterocycles. The van der Waals surface area contributed by atoms with Gasteiger partial charge in [-0.05, 0) is 12.8 Å². The second kappa shape index (κ2) is 19.9. The molecule has 2 aliphatic rings. The summed E-state index contributed by atoms with van der Waals surface area (Å²) in [4.78, 5) is 21.6. The van der Waals surface area contributed by atoms with E-state index in [9.17, 15) is 9.59 Å². The predicted octanol–water partition coefficient (Wildman–Crippen LogP) is 4.86. The summed E-state index contributed by atoms with van der Waals surface area (Å²) >= 11 is 0. The highest BCUT2D eigenvalue weighted by Crippen LogP contribution is 2.22. The fraction of sp³-hybridized carbons (Fsp3) is 0.889. The molecule has 4 nitrogen and oxygen atoms in total. The van der Waals surface area contributed by atoms with Crippen LogP contribution in [-0.2, 0) is 14.3 Å². The van der Waals surface area contributed by atoms with Gasteiger partial charge in [-0.3, -0.25) is 9.59 Å². The number of ether oxygens (including phenoxy) is 1. The Bertz CT molecular complexity index is 229. The number of rotatable bonds is 1. The molecule has 0 spiro atoms. The van der Waals surface area contributed by atoms with Gasteiger partial charge < -0.3 is 10.1 Å². The first-order valence-corrected chi connectivity index (χ1v) is 9.07. The summed E-state index contributed by atoms with van der Waals surface area (Å²) in [6, 6.07) is 0.0731. The van der Waals surface area contributed by atoms with Crippen molar-refractivity contribution < 1.29 is 14.3 Å². The van der Waals surface area contributed by atoms with Gasteiger partial charge in [0.25, 0.3) is 0 Å². The Kier molecular flexibility index (Phi) is 23.4. The van der Waals surface area contributed by atoms with E-state index in [0.29, 0.717) is 12.8 Å². The maximum atomic E-state index is 10.8. The van der Waals surface area contributed by atoms with Crippen molar-refractivity contribution in [2.75, 3.05) is 0 Å². The van der Waals surface area contributed by atoms with Gasteiger partial charge in [-0.2, -0.15) is 0 Å². The zero-order valence-corrected chi connectivity index (χ0v) is 16.1. The van der Waals surface area contributed by atoms with Crippen LogP contribution in [0.3, 0.4) is 0 Å². The Balaban J connectivity index is -0.000000306. The molecule has 0 aromatic carbocycles. The number of esters is 1. The third-order valence-corrected chi connectivity index (χ3v) is 2.39. The van der Waals surface area contributed by atoms with Crippen LogP contribution in [-0.4, -0.2) is 24.0 Å². The van der Waals surface area contributed by atoms with Gasteiger partial charge in [0, 0.05) is 12.8 Å². The third-order valence-electron chi connectivity index (χ3n) is 2.39. The minimum Gasteiger partial charge on any atom is -0.460 e. The van der Waals surface area contributed by atoms with Crippen LogP contribution < -0.4 is 5.32 Å². The molecule has 0 radical (unpaired) electrons. The van der Waals surface area contributed by atoms with Gasteiger partial charge in [-0.1, -0.05) is 68.2 Å². The minimum atomic E-state index is -0.138. The molecule has 0 aliphatic carbocycles. The van der Waals surface area contributed by atoms with Crippen LogP contribution in [0.5, 0.6) is 0 Å². The van der Waals surface area contributed by atoms with Crippen molar-refractivity contribution in [2.45, 2.75) is 106 Å². The van der Waals surface area contributed by atoms with Crippen molar-refractivity contribution in [1.29, 1.82) is 0 Å². The van der Waals surface area contributed by atoms with Gasteiger partial charge in [0.15, 0.2) is 0 Å². The molecule has 0 bridgehead atoms. The zero-order valence-electron chi connectivity index (χ0n) is 16.1. The van der Waals surface area contributed by atoms with Crippen LogP contribution in [0.15, 0.2) is 0 Å². The molecule has 2 saturated heterocycles. The Labute approximate surface area is 138 Å². The van der Waals surface area contributed by atoms with Crippen molar-refractivity contribution in [1.82, 2.24) is 5.32 Å². The van der Waals surface area contributed by atoms with Crippen molar-refractivity contribution in [3.05, 3.63) is 0 Å². The van der Waals surface area contributed by atoms with Crippen molar-refractivity contribution in [2.24, 2.45) is 0 Å². The van der Waals surface area contributed by atoms with E-state index < -0.39 is 0 Å². The van der Waals surface area contributed by atoms with E-state index in [1.807, 2.05) is 27.7 Å². The molecular weight excluding hydrogens is 278 g/mol. The number of hydrogen-bond donors (Lipinski definition) is 1. The Morgan fingerprint density at radius 3 is 1.64 bits per heavy atom. The summed E-state index contributed by atoms with van der Waals surface area (Å²) in [5.41, 5.74) is 0. The average molecular weight is 318 g/mol. The van der Waals surface area contributed by atoms with Gasteiger partial charge in [0.05, 0.1) is 6.04 Å². The normalized spacial score (nSPS) is 21.3. The monoisotopic (exact) mass is 317 g/mol. The first-order valence-electron chi connectivity index (χ1n) is 9.07. The molecule has 4 heteroatoms. The van der Waals surface area contributed by atoms with E-state index in [2.05, 4.69) is 33.0 Å². The number of carbonyl (C=O) groups excluding carboxylic acids is 2. The molecule has 1 amide bonds. The lowest BCUT2D eigenvalue weighted by Crippen LogP contribution is -2.36. The molecule has 2 rings (SSSR count). The Morgan fingerprint density at radius 1 is 0.909 bits per heavy atom. The predicted molar refractivity (Wildman–Crippen MR) is 94.9 cm³/mol. The van der Waals surface area contributed by atoms with E-state index in [0.717, 1.165) is 12.8 Å². The highest BCUT2D eigenvalue weighted by atomic mass is 16.5. The van der Waals surface area contributed by atoms with Crippen LogP contribution in [0.4, 0.5) is 0 Å². The molecular formula is C18H39NO3. The first kappa shape index (κ1) is 25.9. The number of cyclic esters (lactones) is 1. The summed E-state index contributed by atoms with van der Waals surface area (Å²) in [6.07, 6.45) is 5.06. The lowest BCUT2D eigenvalue weighted by molar-refractivity contribution is -0.142. The molecule has 0 aromatic rings. The zero-order chi connectivity index (χ0) is 18.0. The van der Waals surface area contributed by atoms with Gasteiger partial charge >= 0.3 is 5.97 Å². The Morgan fingerprint density at radius 2 is 1.36 bits per heavy atom. The molecule has 1 unspecified atom stereocenters. The number of carbonyl (C=O) groups is 2. The summed E-state index contributed by atoms with van der Waals surface area (Å²) in [6.45, 7) is 16.5. The van der Waals surface area contributed by atoms with Crippen LogP contribution in [0.2, 0.25) is 0 Å². The van der Waals surface area contributed by atoms with Gasteiger partial charge in [0.1, 0.15) is 6.10 Å². The van der Waals surface area contributed by atoms with Crippen LogP contribution in [0.25, 0.3) is 0 Å². The summed E-state index contributed by atoms with van der Waals surface area (Å²) in [7, 11) is 0. The smallest absolute Gasteiger partial charge is 0.306 e. The van der Waals surface area contributed by atoms with Gasteiger partial charge in [-0.15, -0.1) is 0 Å². The molecule has 2 atom stereocenters. The second-order valence-electron chi connectivity index (χ2n) is 4.69. The SMILES string of the molecule is CC.CC.CCC.CCC.O=C1CCC([C@@H]2CCC(=O)O2)N1. The van der Waals surface area contributed by atoms with Crippen LogP contribution >= 0.6 is 0 Å². The van der Waals surface area contributed by atoms with Gasteiger partial charge in [0.2, 0.25) is 5.91 Å². The molecule has 134 valence electrons. The summed E-state index contributed by atoms with van der Waals surface area (Å²) in [5, 5.41) is 2.80. The summed E-state index contributed by atoms with van der Waals surface area (Å²) < 4.78 is 5.04. The first-order chi connectivity index (χ1) is 10.6. The molecule has 22 heavy (non-hydrogen) atoms. The van der Waals surface area contributed by atoms with Crippen LogP contribution in [0, 0.1) is 0 Å². The Hall–Kier alpha value is -1.06. The average Bonchev–Trinajstić information content (AvgIpc) is 3.13. The fourth-order valence-electron chi connectivity index (χ4n) is 1.75. The molecule has 1 N–H and O–H groups in total. The van der Waals surface area contributed by atoms with E-state index in [4.69, 9.17) is 4.74 Å². The third kappa shape index (κ3) is 13.9. The van der Waals surface area contributed by atoms with E-state index in [-0.39, 0.29) is 24.0 Å². The molecule has 0 saturated carbocycles. The number of amides is 1. The van der Waals surface area contributed by atoms with E-state index in [1.54, 1.807) is 0 Å². The van der Waals surface area contributed by atoms with Crippen molar-refractivity contribution in [3.8, 4) is 0 Å². The largest absolute Gasteiger partial charge is 0.460 e. The lowest BCUT2D eigenvalue weighted by atomic mass is 10.1. The maximum Gasteiger partial charge on any atom is 0.306 e. The molecule has 2 fully saturated rings. The van der Waals surface area contributed by atoms with Crippen molar-refractivity contribution >= 4 is 11.9 Å². The maximum absolute atomic E-state index is 10.8. The van der Waals surface area contributed by atoms with E-state index >= 15 is 0 Å². The highest BCUT2D eigenvalue weighted by molar-refractivity contribution is 5.79. The second-order valence-corrected chi connectivity index (χ2v) is 4.69. The van der Waals surface area contributed by atoms with Crippen molar-refractivity contribution in [3.63, 3.8) is 0 Å². The van der Waals surface area contributed by atoms with Gasteiger partial charge in [-0.25, -0.2) is 0 Å². The quantitative estimate of drug-likeness (QED) is 0.703. The number of nitrogens with one attached hydrogen (secondary N) is 1. The standard InChI is InChI=1S/C8H11NO3.2C3H8.2C2H6/c10-7-3-1-5(9-7)6-2-4-8(11)12-6;2*1-3-2;2*1-2/h5-6H,1-4H2,(H,9,10);2*3H2,1-2H3;2*1-2H3/t5?,6-;;;;/m0..../s1.